The van der Waals surface area contributed by atoms with E-state index in [-0.39, 0.29) is 0 Å². The summed E-state index contributed by atoms with van der Waals surface area (Å²) >= 11 is 6.48. The van der Waals surface area contributed by atoms with Crippen LogP contribution in [0.5, 0.6) is 0 Å². The fourth-order valence-corrected chi connectivity index (χ4v) is 3.94. The lowest BCUT2D eigenvalue weighted by molar-refractivity contribution is 0.382. The predicted molar refractivity (Wildman–Crippen MR) is 99.7 cm³/mol. The second-order valence-corrected chi connectivity index (χ2v) is 8.62. The molecule has 0 amide bonds. The Hall–Kier alpha value is -1.45. The highest BCUT2D eigenvalue weighted by atomic mass is 79.9. The summed E-state index contributed by atoms with van der Waals surface area (Å²) in [6.45, 7) is 4.26. The van der Waals surface area contributed by atoms with Gasteiger partial charge in [-0.05, 0) is 24.1 Å². The Kier molecular flexibility index (Phi) is 5.85. The zero-order chi connectivity index (χ0) is 16.9. The van der Waals surface area contributed by atoms with E-state index in [4.69, 9.17) is 4.52 Å². The van der Waals surface area contributed by atoms with E-state index in [1.54, 1.807) is 0 Å². The van der Waals surface area contributed by atoms with E-state index >= 15 is 0 Å². The molecular formula is C15H16BrN5OS2. The molecule has 3 rings (SSSR count). The summed E-state index contributed by atoms with van der Waals surface area (Å²) < 4.78 is 7.13. The summed E-state index contributed by atoms with van der Waals surface area (Å²) in [6.07, 6.45) is 0.827. The van der Waals surface area contributed by atoms with Crippen LogP contribution >= 0.6 is 39.0 Å². The van der Waals surface area contributed by atoms with Crippen LogP contribution in [0.4, 0.5) is 10.8 Å². The van der Waals surface area contributed by atoms with Crippen LogP contribution in [0.3, 0.4) is 0 Å². The van der Waals surface area contributed by atoms with E-state index in [0.717, 1.165) is 31.9 Å². The molecule has 0 aliphatic carbocycles. The minimum absolute atomic E-state index is 0.512. The first-order chi connectivity index (χ1) is 11.6. The van der Waals surface area contributed by atoms with Crippen molar-refractivity contribution in [2.24, 2.45) is 5.92 Å². The fraction of sp³-hybridized carbons (Fsp3) is 0.333. The third-order valence-electron chi connectivity index (χ3n) is 2.90. The number of hydrogen-bond acceptors (Lipinski definition) is 8. The first-order valence-corrected chi connectivity index (χ1v) is 9.98. The summed E-state index contributed by atoms with van der Waals surface area (Å²) in [4.78, 5) is 4.39. The number of nitrogens with zero attached hydrogens (tertiary/aromatic N) is 4. The molecule has 0 radical (unpaired) electrons. The topological polar surface area (TPSA) is 76.7 Å². The van der Waals surface area contributed by atoms with Gasteiger partial charge in [0.25, 0.3) is 0 Å². The molecule has 0 bridgehead atoms. The highest BCUT2D eigenvalue weighted by Gasteiger charge is 2.11. The molecular weight excluding hydrogens is 410 g/mol. The third-order valence-corrected chi connectivity index (χ3v) is 5.35. The Morgan fingerprint density at radius 1 is 1.33 bits per heavy atom. The number of halogens is 1. The first-order valence-electron chi connectivity index (χ1n) is 7.39. The zero-order valence-electron chi connectivity index (χ0n) is 13.2. The maximum atomic E-state index is 5.26. The zero-order valence-corrected chi connectivity index (χ0v) is 16.4. The molecule has 9 heteroatoms. The maximum Gasteiger partial charge on any atom is 0.237 e. The molecule has 0 saturated carbocycles. The molecule has 0 unspecified atom stereocenters. The van der Waals surface area contributed by atoms with Crippen LogP contribution in [0, 0.1) is 5.92 Å². The van der Waals surface area contributed by atoms with E-state index in [0.29, 0.717) is 17.6 Å². The number of aromatic nitrogens is 4. The van der Waals surface area contributed by atoms with Crippen molar-refractivity contribution in [3.8, 4) is 0 Å². The van der Waals surface area contributed by atoms with Crippen molar-refractivity contribution in [3.05, 3.63) is 40.5 Å². The number of rotatable bonds is 7. The Labute approximate surface area is 156 Å². The van der Waals surface area contributed by atoms with Crippen LogP contribution in [0.1, 0.15) is 25.6 Å². The van der Waals surface area contributed by atoms with Crippen LogP contribution in [-0.4, -0.2) is 20.3 Å². The molecule has 0 fully saturated rings. The van der Waals surface area contributed by atoms with Gasteiger partial charge in [-0.1, -0.05) is 64.1 Å². The SMILES string of the molecule is CC(C)Cc1noc(CSc2nnc(Nc3cccc(Br)c3)s2)n1. The summed E-state index contributed by atoms with van der Waals surface area (Å²) in [5.41, 5.74) is 0.965. The summed E-state index contributed by atoms with van der Waals surface area (Å²) in [6, 6.07) is 7.91. The van der Waals surface area contributed by atoms with Gasteiger partial charge >= 0.3 is 0 Å². The van der Waals surface area contributed by atoms with Gasteiger partial charge in [-0.15, -0.1) is 10.2 Å². The second kappa shape index (κ2) is 8.09. The average molecular weight is 426 g/mol. The van der Waals surface area contributed by atoms with Crippen molar-refractivity contribution in [2.45, 2.75) is 30.4 Å². The van der Waals surface area contributed by atoms with Crippen molar-refractivity contribution in [3.63, 3.8) is 0 Å². The summed E-state index contributed by atoms with van der Waals surface area (Å²) in [7, 11) is 0. The Morgan fingerprint density at radius 2 is 2.21 bits per heavy atom. The number of nitrogens with one attached hydrogen (secondary N) is 1. The molecule has 0 spiro atoms. The van der Waals surface area contributed by atoms with Crippen molar-refractivity contribution in [2.75, 3.05) is 5.32 Å². The lowest BCUT2D eigenvalue weighted by atomic mass is 10.1. The van der Waals surface area contributed by atoms with E-state index in [9.17, 15) is 0 Å². The van der Waals surface area contributed by atoms with Crippen LogP contribution in [0.25, 0.3) is 0 Å². The smallest absolute Gasteiger partial charge is 0.237 e. The number of thioether (sulfide) groups is 1. The van der Waals surface area contributed by atoms with Gasteiger partial charge in [-0.3, -0.25) is 0 Å². The minimum Gasteiger partial charge on any atom is -0.338 e. The van der Waals surface area contributed by atoms with Gasteiger partial charge in [-0.25, -0.2) is 0 Å². The fourth-order valence-electron chi connectivity index (χ4n) is 1.93. The molecule has 24 heavy (non-hydrogen) atoms. The van der Waals surface area contributed by atoms with Gasteiger partial charge in [0, 0.05) is 16.6 Å². The highest BCUT2D eigenvalue weighted by Crippen LogP contribution is 2.30. The predicted octanol–water partition coefficient (Wildman–Crippen LogP) is 4.92. The molecule has 6 nitrogen and oxygen atoms in total. The molecule has 0 saturated heterocycles. The molecule has 3 aromatic rings. The highest BCUT2D eigenvalue weighted by molar-refractivity contribution is 9.10. The Morgan fingerprint density at radius 3 is 3.00 bits per heavy atom. The average Bonchev–Trinajstić information content (AvgIpc) is 3.14. The molecule has 0 atom stereocenters. The first kappa shape index (κ1) is 17.4. The van der Waals surface area contributed by atoms with Gasteiger partial charge < -0.3 is 9.84 Å². The quantitative estimate of drug-likeness (QED) is 0.538. The van der Waals surface area contributed by atoms with Gasteiger partial charge in [0.15, 0.2) is 10.2 Å². The second-order valence-electron chi connectivity index (χ2n) is 5.50. The summed E-state index contributed by atoms with van der Waals surface area (Å²) in [5, 5.41) is 16.3. The minimum atomic E-state index is 0.512. The van der Waals surface area contributed by atoms with Crippen molar-refractivity contribution in [1.29, 1.82) is 0 Å². The van der Waals surface area contributed by atoms with Crippen LogP contribution in [0.2, 0.25) is 0 Å². The molecule has 126 valence electrons. The van der Waals surface area contributed by atoms with Gasteiger partial charge in [-0.2, -0.15) is 4.98 Å². The van der Waals surface area contributed by atoms with Crippen LogP contribution < -0.4 is 5.32 Å². The van der Waals surface area contributed by atoms with Gasteiger partial charge in [0.05, 0.1) is 5.75 Å². The van der Waals surface area contributed by atoms with Crippen LogP contribution in [0.15, 0.2) is 37.6 Å². The van der Waals surface area contributed by atoms with Crippen molar-refractivity contribution >= 4 is 49.8 Å². The Balaban J connectivity index is 1.55. The molecule has 2 aromatic heterocycles. The Bertz CT molecular complexity index is 805. The monoisotopic (exact) mass is 425 g/mol. The molecule has 1 aromatic carbocycles. The standard InChI is InChI=1S/C15H16BrN5OS2/c1-9(2)6-12-18-13(22-21-12)8-23-15-20-19-14(24-15)17-11-5-3-4-10(16)7-11/h3-5,7,9H,6,8H2,1-2H3,(H,17,19). The van der Waals surface area contributed by atoms with Crippen molar-refractivity contribution < 1.29 is 4.52 Å². The summed E-state index contributed by atoms with van der Waals surface area (Å²) in [5.74, 6) is 2.48. The largest absolute Gasteiger partial charge is 0.338 e. The molecule has 2 heterocycles. The molecule has 1 N–H and O–H groups in total. The van der Waals surface area contributed by atoms with E-state index in [1.807, 2.05) is 24.3 Å². The van der Waals surface area contributed by atoms with Crippen molar-refractivity contribution in [1.82, 2.24) is 20.3 Å². The van der Waals surface area contributed by atoms with Gasteiger partial charge in [0.1, 0.15) is 0 Å². The maximum absolute atomic E-state index is 5.26. The normalized spacial score (nSPS) is 11.2. The lowest BCUT2D eigenvalue weighted by Crippen LogP contribution is -1.96. The van der Waals surface area contributed by atoms with E-state index < -0.39 is 0 Å². The molecule has 0 aliphatic heterocycles. The number of anilines is 2. The van der Waals surface area contributed by atoms with Crippen LogP contribution in [-0.2, 0) is 12.2 Å². The van der Waals surface area contributed by atoms with E-state index in [1.165, 1.54) is 23.1 Å². The van der Waals surface area contributed by atoms with E-state index in [2.05, 4.69) is 55.4 Å². The van der Waals surface area contributed by atoms with Gasteiger partial charge in [0.2, 0.25) is 11.0 Å². The molecule has 0 aliphatic rings. The lowest BCUT2D eigenvalue weighted by Gasteiger charge is -2.01. The number of hydrogen-bond donors (Lipinski definition) is 1. The third kappa shape index (κ3) is 5.02. The number of benzene rings is 1.